The van der Waals surface area contributed by atoms with Crippen molar-refractivity contribution in [2.24, 2.45) is 7.05 Å². The van der Waals surface area contributed by atoms with E-state index in [2.05, 4.69) is 10.4 Å². The number of carbonyl (C=O) groups is 1. The van der Waals surface area contributed by atoms with E-state index in [9.17, 15) is 22.4 Å². The minimum Gasteiger partial charge on any atom is -0.383 e. The summed E-state index contributed by atoms with van der Waals surface area (Å²) >= 11 is 5.72. The number of aryl methyl sites for hydroxylation is 1. The summed E-state index contributed by atoms with van der Waals surface area (Å²) in [5.74, 6) is -1.70. The molecule has 1 fully saturated rings. The standard InChI is InChI=1S/C18H19ClF4N4O/c1-27-16(24)14(17(28)25-10-2-3-12(20)11(19)6-10)15(26-27)9-4-5-18(23,7-9)8-13(21)22/h2-3,6,9,13H,4-5,7-8,24H2,1H3,(H,25,28). The molecule has 0 spiro atoms. The van der Waals surface area contributed by atoms with Crippen LogP contribution >= 0.6 is 11.6 Å². The molecule has 1 aromatic carbocycles. The maximum atomic E-state index is 14.7. The van der Waals surface area contributed by atoms with E-state index in [1.165, 1.54) is 23.9 Å². The number of nitrogens with one attached hydrogen (secondary N) is 1. The van der Waals surface area contributed by atoms with Gasteiger partial charge in [0.1, 0.15) is 22.9 Å². The molecule has 1 amide bonds. The molecule has 0 radical (unpaired) electrons. The van der Waals surface area contributed by atoms with Gasteiger partial charge in [0.2, 0.25) is 6.43 Å². The van der Waals surface area contributed by atoms with E-state index in [4.69, 9.17) is 17.3 Å². The Balaban J connectivity index is 1.86. The first kappa shape index (κ1) is 20.4. The number of hydrogen-bond acceptors (Lipinski definition) is 3. The van der Waals surface area contributed by atoms with Gasteiger partial charge in [-0.3, -0.25) is 9.48 Å². The van der Waals surface area contributed by atoms with Gasteiger partial charge in [-0.2, -0.15) is 5.10 Å². The summed E-state index contributed by atoms with van der Waals surface area (Å²) in [5.41, 5.74) is 4.53. The molecule has 1 heterocycles. The zero-order chi connectivity index (χ0) is 20.6. The van der Waals surface area contributed by atoms with E-state index < -0.39 is 36.2 Å². The molecule has 0 bridgehead atoms. The van der Waals surface area contributed by atoms with Crippen LogP contribution in [0.4, 0.5) is 29.1 Å². The van der Waals surface area contributed by atoms with Crippen molar-refractivity contribution in [2.75, 3.05) is 11.1 Å². The molecule has 2 unspecified atom stereocenters. The second-order valence-corrected chi connectivity index (χ2v) is 7.45. The second-order valence-electron chi connectivity index (χ2n) is 7.04. The van der Waals surface area contributed by atoms with Crippen molar-refractivity contribution in [3.8, 4) is 0 Å². The molecule has 3 rings (SSSR count). The van der Waals surface area contributed by atoms with Gasteiger partial charge in [-0.05, 0) is 37.5 Å². The van der Waals surface area contributed by atoms with Crippen molar-refractivity contribution in [3.05, 3.63) is 40.3 Å². The molecular formula is C18H19ClF4N4O. The van der Waals surface area contributed by atoms with Gasteiger partial charge in [0, 0.05) is 25.1 Å². The van der Waals surface area contributed by atoms with E-state index >= 15 is 0 Å². The van der Waals surface area contributed by atoms with E-state index in [1.54, 1.807) is 0 Å². The lowest BCUT2D eigenvalue weighted by molar-refractivity contribution is 0.0458. The van der Waals surface area contributed by atoms with Crippen LogP contribution in [0.2, 0.25) is 5.02 Å². The van der Waals surface area contributed by atoms with Crippen molar-refractivity contribution in [3.63, 3.8) is 0 Å². The number of anilines is 2. The summed E-state index contributed by atoms with van der Waals surface area (Å²) < 4.78 is 54.6. The average molecular weight is 419 g/mol. The van der Waals surface area contributed by atoms with Gasteiger partial charge in [-0.1, -0.05) is 11.6 Å². The highest BCUT2D eigenvalue weighted by Gasteiger charge is 2.44. The largest absolute Gasteiger partial charge is 0.383 e. The molecule has 10 heteroatoms. The fraction of sp³-hybridized carbons (Fsp3) is 0.444. The lowest BCUT2D eigenvalue weighted by atomic mass is 9.95. The van der Waals surface area contributed by atoms with Crippen molar-refractivity contribution in [1.82, 2.24) is 9.78 Å². The van der Waals surface area contributed by atoms with E-state index in [1.807, 2.05) is 0 Å². The zero-order valence-electron chi connectivity index (χ0n) is 15.0. The molecule has 5 nitrogen and oxygen atoms in total. The van der Waals surface area contributed by atoms with Crippen molar-refractivity contribution in [1.29, 1.82) is 0 Å². The van der Waals surface area contributed by atoms with Crippen LogP contribution in [0.25, 0.3) is 0 Å². The van der Waals surface area contributed by atoms with Crippen LogP contribution in [0.3, 0.4) is 0 Å². The smallest absolute Gasteiger partial charge is 0.261 e. The predicted molar refractivity (Wildman–Crippen MR) is 98.0 cm³/mol. The van der Waals surface area contributed by atoms with Crippen LogP contribution < -0.4 is 11.1 Å². The molecule has 0 aliphatic heterocycles. The van der Waals surface area contributed by atoms with Crippen LogP contribution in [-0.2, 0) is 7.05 Å². The predicted octanol–water partition coefficient (Wildman–Crippen LogP) is 4.68. The Morgan fingerprint density at radius 1 is 1.50 bits per heavy atom. The number of carbonyl (C=O) groups excluding carboxylic acids is 1. The Labute approximate surface area is 163 Å². The van der Waals surface area contributed by atoms with Gasteiger partial charge in [-0.25, -0.2) is 17.6 Å². The molecular weight excluding hydrogens is 400 g/mol. The quantitative estimate of drug-likeness (QED) is 0.692. The fourth-order valence-electron chi connectivity index (χ4n) is 3.62. The molecule has 2 atom stereocenters. The van der Waals surface area contributed by atoms with Crippen molar-refractivity contribution >= 4 is 29.0 Å². The monoisotopic (exact) mass is 418 g/mol. The Hall–Kier alpha value is -2.29. The third kappa shape index (κ3) is 4.09. The van der Waals surface area contributed by atoms with E-state index in [0.717, 1.165) is 6.07 Å². The molecule has 28 heavy (non-hydrogen) atoms. The fourth-order valence-corrected chi connectivity index (χ4v) is 3.80. The summed E-state index contributed by atoms with van der Waals surface area (Å²) in [4.78, 5) is 12.8. The third-order valence-corrected chi connectivity index (χ3v) is 5.27. The van der Waals surface area contributed by atoms with E-state index in [-0.39, 0.29) is 47.0 Å². The highest BCUT2D eigenvalue weighted by atomic mass is 35.5. The molecule has 1 aromatic heterocycles. The van der Waals surface area contributed by atoms with Crippen LogP contribution in [-0.4, -0.2) is 27.8 Å². The maximum Gasteiger partial charge on any atom is 0.261 e. The number of nitrogens with zero attached hydrogens (tertiary/aromatic N) is 2. The number of hydrogen-bond donors (Lipinski definition) is 2. The first-order chi connectivity index (χ1) is 13.1. The highest BCUT2D eigenvalue weighted by Crippen LogP contribution is 2.47. The summed E-state index contributed by atoms with van der Waals surface area (Å²) in [5, 5.41) is 6.62. The van der Waals surface area contributed by atoms with Crippen LogP contribution in [0, 0.1) is 5.82 Å². The summed E-state index contributed by atoms with van der Waals surface area (Å²) in [6, 6.07) is 3.67. The molecule has 3 N–H and O–H groups in total. The lowest BCUT2D eigenvalue weighted by Gasteiger charge is -2.19. The van der Waals surface area contributed by atoms with Crippen molar-refractivity contribution < 1.29 is 22.4 Å². The molecule has 0 saturated heterocycles. The molecule has 1 aliphatic carbocycles. The van der Waals surface area contributed by atoms with Gasteiger partial charge < -0.3 is 11.1 Å². The number of alkyl halides is 3. The van der Waals surface area contributed by atoms with E-state index in [0.29, 0.717) is 0 Å². The van der Waals surface area contributed by atoms with Gasteiger partial charge in [0.25, 0.3) is 5.91 Å². The van der Waals surface area contributed by atoms with Gasteiger partial charge >= 0.3 is 0 Å². The number of nitrogen functional groups attached to an aromatic ring is 1. The first-order valence-corrected chi connectivity index (χ1v) is 9.03. The van der Waals surface area contributed by atoms with Crippen LogP contribution in [0.1, 0.15) is 47.7 Å². The number of amides is 1. The molecule has 2 aromatic rings. The Morgan fingerprint density at radius 2 is 2.21 bits per heavy atom. The average Bonchev–Trinajstić information content (AvgIpc) is 3.11. The third-order valence-electron chi connectivity index (χ3n) is 4.98. The number of aromatic nitrogens is 2. The Bertz CT molecular complexity index is 904. The Kier molecular flexibility index (Phi) is 5.56. The minimum atomic E-state index is -2.75. The summed E-state index contributed by atoms with van der Waals surface area (Å²) in [6.45, 7) is 0. The summed E-state index contributed by atoms with van der Waals surface area (Å²) in [7, 11) is 1.53. The first-order valence-electron chi connectivity index (χ1n) is 8.65. The lowest BCUT2D eigenvalue weighted by Crippen LogP contribution is -2.22. The zero-order valence-corrected chi connectivity index (χ0v) is 15.7. The van der Waals surface area contributed by atoms with Crippen LogP contribution in [0.15, 0.2) is 18.2 Å². The second kappa shape index (κ2) is 7.62. The SMILES string of the molecule is Cn1nc(C2CCC(F)(CC(F)F)C2)c(C(=O)Nc2ccc(F)c(Cl)c2)c1N. The molecule has 1 saturated carbocycles. The van der Waals surface area contributed by atoms with Gasteiger partial charge in [-0.15, -0.1) is 0 Å². The highest BCUT2D eigenvalue weighted by molar-refractivity contribution is 6.31. The summed E-state index contributed by atoms with van der Waals surface area (Å²) in [6.07, 6.45) is -3.50. The number of nitrogens with two attached hydrogens (primary N) is 1. The van der Waals surface area contributed by atoms with Crippen LogP contribution in [0.5, 0.6) is 0 Å². The van der Waals surface area contributed by atoms with Gasteiger partial charge in [0.05, 0.1) is 10.7 Å². The van der Waals surface area contributed by atoms with Crippen molar-refractivity contribution in [2.45, 2.75) is 43.7 Å². The maximum absolute atomic E-state index is 14.7. The number of benzene rings is 1. The number of halogens is 5. The van der Waals surface area contributed by atoms with Gasteiger partial charge in [0.15, 0.2) is 0 Å². The molecule has 152 valence electrons. The topological polar surface area (TPSA) is 72.9 Å². The molecule has 1 aliphatic rings. The number of rotatable bonds is 5. The minimum absolute atomic E-state index is 0.0346. The normalized spacial score (nSPS) is 22.0. The Morgan fingerprint density at radius 3 is 2.86 bits per heavy atom.